The van der Waals surface area contributed by atoms with E-state index in [1.54, 1.807) is 6.20 Å². The zero-order chi connectivity index (χ0) is 16.9. The molecule has 0 N–H and O–H groups in total. The molecule has 0 radical (unpaired) electrons. The third-order valence-corrected chi connectivity index (χ3v) is 4.63. The molecule has 1 fully saturated rings. The first kappa shape index (κ1) is 16.5. The lowest BCUT2D eigenvalue weighted by atomic mass is 10.2. The van der Waals surface area contributed by atoms with Crippen LogP contribution in [0.1, 0.15) is 24.2 Å². The number of hydrogen-bond donors (Lipinski definition) is 0. The van der Waals surface area contributed by atoms with Crippen molar-refractivity contribution in [3.05, 3.63) is 42.1 Å². The second kappa shape index (κ2) is 7.47. The van der Waals surface area contributed by atoms with E-state index in [9.17, 15) is 4.79 Å². The molecule has 24 heavy (non-hydrogen) atoms. The van der Waals surface area contributed by atoms with Crippen molar-refractivity contribution in [1.82, 2.24) is 19.4 Å². The van der Waals surface area contributed by atoms with Crippen LogP contribution in [-0.4, -0.2) is 51.5 Å². The first-order valence-corrected chi connectivity index (χ1v) is 8.57. The maximum atomic E-state index is 12.4. The number of rotatable bonds is 5. The minimum absolute atomic E-state index is 0.255. The summed E-state index contributed by atoms with van der Waals surface area (Å²) in [6.45, 7) is 8.18. The molecule has 2 aromatic rings. The zero-order valence-corrected chi connectivity index (χ0v) is 14.5. The van der Waals surface area contributed by atoms with Gasteiger partial charge in [0.2, 0.25) is 5.91 Å². The van der Waals surface area contributed by atoms with E-state index < -0.39 is 0 Å². The highest BCUT2D eigenvalue weighted by atomic mass is 16.2. The SMILES string of the molecule is Cc1cccnc1N1CCN(C(=O)CCCn2ccnc2C)CC1. The van der Waals surface area contributed by atoms with Crippen LogP contribution in [-0.2, 0) is 11.3 Å². The average Bonchev–Trinajstić information content (AvgIpc) is 3.00. The van der Waals surface area contributed by atoms with Crippen LogP contribution in [0, 0.1) is 13.8 Å². The zero-order valence-electron chi connectivity index (χ0n) is 14.5. The molecule has 0 spiro atoms. The molecule has 0 bridgehead atoms. The molecular formula is C18H25N5O. The molecule has 1 saturated heterocycles. The van der Waals surface area contributed by atoms with E-state index in [-0.39, 0.29) is 5.91 Å². The molecule has 0 aliphatic carbocycles. The highest BCUT2D eigenvalue weighted by molar-refractivity contribution is 5.76. The number of carbonyl (C=O) groups is 1. The van der Waals surface area contributed by atoms with Crippen molar-refractivity contribution >= 4 is 11.7 Å². The fourth-order valence-electron chi connectivity index (χ4n) is 3.17. The van der Waals surface area contributed by atoms with Crippen LogP contribution >= 0.6 is 0 Å². The van der Waals surface area contributed by atoms with Crippen LogP contribution < -0.4 is 4.90 Å². The Morgan fingerprint density at radius 3 is 2.58 bits per heavy atom. The Kier molecular flexibility index (Phi) is 5.13. The van der Waals surface area contributed by atoms with E-state index in [4.69, 9.17) is 0 Å². The van der Waals surface area contributed by atoms with Gasteiger partial charge in [-0.1, -0.05) is 6.07 Å². The summed E-state index contributed by atoms with van der Waals surface area (Å²) in [6.07, 6.45) is 7.05. The molecule has 0 saturated carbocycles. The van der Waals surface area contributed by atoms with Crippen molar-refractivity contribution in [3.8, 4) is 0 Å². The fourth-order valence-corrected chi connectivity index (χ4v) is 3.17. The lowest BCUT2D eigenvalue weighted by Crippen LogP contribution is -2.49. The third-order valence-electron chi connectivity index (χ3n) is 4.63. The Morgan fingerprint density at radius 1 is 1.12 bits per heavy atom. The second-order valence-electron chi connectivity index (χ2n) is 6.28. The van der Waals surface area contributed by atoms with Gasteiger partial charge in [-0.15, -0.1) is 0 Å². The Hall–Kier alpha value is -2.37. The summed E-state index contributed by atoms with van der Waals surface area (Å²) in [7, 11) is 0. The van der Waals surface area contributed by atoms with Crippen LogP contribution in [0.25, 0.3) is 0 Å². The molecule has 0 unspecified atom stereocenters. The normalized spacial score (nSPS) is 14.9. The first-order chi connectivity index (χ1) is 11.6. The standard InChI is InChI=1S/C18H25N5O/c1-15-5-3-7-20-18(15)23-13-11-22(12-14-23)17(24)6-4-9-21-10-8-19-16(21)2/h3,5,7-8,10H,4,6,9,11-14H2,1-2H3. The van der Waals surface area contributed by atoms with Crippen LogP contribution in [0.2, 0.25) is 0 Å². The van der Waals surface area contributed by atoms with Crippen molar-refractivity contribution in [2.45, 2.75) is 33.2 Å². The van der Waals surface area contributed by atoms with Crippen molar-refractivity contribution < 1.29 is 4.79 Å². The van der Waals surface area contributed by atoms with Gasteiger partial charge in [-0.25, -0.2) is 9.97 Å². The molecule has 1 aliphatic heterocycles. The molecule has 1 amide bonds. The Balaban J connectivity index is 1.45. The number of nitrogens with zero attached hydrogens (tertiary/aromatic N) is 5. The molecule has 0 atom stereocenters. The number of hydrogen-bond acceptors (Lipinski definition) is 4. The van der Waals surface area contributed by atoms with Crippen LogP contribution in [0.5, 0.6) is 0 Å². The predicted octanol–water partition coefficient (Wildman–Crippen LogP) is 2.02. The van der Waals surface area contributed by atoms with Crippen LogP contribution in [0.3, 0.4) is 0 Å². The van der Waals surface area contributed by atoms with Gasteiger partial charge in [0.1, 0.15) is 11.6 Å². The van der Waals surface area contributed by atoms with Crippen molar-refractivity contribution in [2.75, 3.05) is 31.1 Å². The minimum Gasteiger partial charge on any atom is -0.353 e. The number of imidazole rings is 1. The molecule has 0 aromatic carbocycles. The average molecular weight is 327 g/mol. The summed E-state index contributed by atoms with van der Waals surface area (Å²) in [5.41, 5.74) is 1.19. The summed E-state index contributed by atoms with van der Waals surface area (Å²) >= 11 is 0. The highest BCUT2D eigenvalue weighted by Crippen LogP contribution is 2.18. The topological polar surface area (TPSA) is 54.3 Å². The van der Waals surface area contributed by atoms with Gasteiger partial charge in [0, 0.05) is 57.7 Å². The number of aromatic nitrogens is 3. The van der Waals surface area contributed by atoms with Gasteiger partial charge in [0.15, 0.2) is 0 Å². The maximum absolute atomic E-state index is 12.4. The van der Waals surface area contributed by atoms with Gasteiger partial charge >= 0.3 is 0 Å². The summed E-state index contributed by atoms with van der Waals surface area (Å²) < 4.78 is 2.09. The molecule has 6 nitrogen and oxygen atoms in total. The van der Waals surface area contributed by atoms with Gasteiger partial charge in [-0.3, -0.25) is 4.79 Å². The number of piperazine rings is 1. The highest BCUT2D eigenvalue weighted by Gasteiger charge is 2.22. The number of amides is 1. The summed E-state index contributed by atoms with van der Waals surface area (Å²) in [6, 6.07) is 4.04. The molecule has 3 rings (SSSR count). The number of anilines is 1. The van der Waals surface area contributed by atoms with E-state index in [1.165, 1.54) is 5.56 Å². The number of pyridine rings is 1. The van der Waals surface area contributed by atoms with Gasteiger partial charge in [-0.2, -0.15) is 0 Å². The lowest BCUT2D eigenvalue weighted by molar-refractivity contribution is -0.131. The number of carbonyl (C=O) groups excluding carboxylic acids is 1. The Bertz CT molecular complexity index is 688. The van der Waals surface area contributed by atoms with E-state index in [0.29, 0.717) is 6.42 Å². The van der Waals surface area contributed by atoms with Gasteiger partial charge in [-0.05, 0) is 31.9 Å². The lowest BCUT2D eigenvalue weighted by Gasteiger charge is -2.36. The maximum Gasteiger partial charge on any atom is 0.222 e. The first-order valence-electron chi connectivity index (χ1n) is 8.57. The Labute approximate surface area is 143 Å². The summed E-state index contributed by atoms with van der Waals surface area (Å²) in [4.78, 5) is 25.3. The van der Waals surface area contributed by atoms with Crippen molar-refractivity contribution in [3.63, 3.8) is 0 Å². The van der Waals surface area contributed by atoms with Gasteiger partial charge in [0.25, 0.3) is 0 Å². The van der Waals surface area contributed by atoms with Crippen molar-refractivity contribution in [2.24, 2.45) is 0 Å². The largest absolute Gasteiger partial charge is 0.353 e. The number of aryl methyl sites for hydroxylation is 3. The van der Waals surface area contributed by atoms with E-state index in [1.807, 2.05) is 30.3 Å². The van der Waals surface area contributed by atoms with E-state index in [0.717, 1.165) is 50.8 Å². The third kappa shape index (κ3) is 3.75. The van der Waals surface area contributed by atoms with Crippen LogP contribution in [0.15, 0.2) is 30.7 Å². The quantitative estimate of drug-likeness (QED) is 0.843. The monoisotopic (exact) mass is 327 g/mol. The fraction of sp³-hybridized carbons (Fsp3) is 0.500. The molecule has 3 heterocycles. The summed E-state index contributed by atoms with van der Waals surface area (Å²) in [5.74, 6) is 2.30. The van der Waals surface area contributed by atoms with Crippen molar-refractivity contribution in [1.29, 1.82) is 0 Å². The predicted molar refractivity (Wildman–Crippen MR) is 94.0 cm³/mol. The van der Waals surface area contributed by atoms with E-state index >= 15 is 0 Å². The Morgan fingerprint density at radius 2 is 1.92 bits per heavy atom. The van der Waals surface area contributed by atoms with Crippen LogP contribution in [0.4, 0.5) is 5.82 Å². The smallest absolute Gasteiger partial charge is 0.222 e. The molecule has 2 aromatic heterocycles. The van der Waals surface area contributed by atoms with Gasteiger partial charge in [0.05, 0.1) is 0 Å². The minimum atomic E-state index is 0.255. The molecule has 128 valence electrons. The molecule has 1 aliphatic rings. The van der Waals surface area contributed by atoms with Gasteiger partial charge < -0.3 is 14.4 Å². The molecular weight excluding hydrogens is 302 g/mol. The second-order valence-corrected chi connectivity index (χ2v) is 6.28. The summed E-state index contributed by atoms with van der Waals surface area (Å²) in [5, 5.41) is 0. The molecule has 6 heteroatoms. The van der Waals surface area contributed by atoms with E-state index in [2.05, 4.69) is 32.4 Å².